The highest BCUT2D eigenvalue weighted by Gasteiger charge is 2.27. The number of hydrogen-bond donors (Lipinski definition) is 1. The van der Waals surface area contributed by atoms with Crippen LogP contribution >= 0.6 is 11.6 Å². The number of carbonyl (C=O) groups excluding carboxylic acids is 1. The van der Waals surface area contributed by atoms with Crippen molar-refractivity contribution in [2.24, 2.45) is 5.92 Å². The molecule has 1 unspecified atom stereocenters. The summed E-state index contributed by atoms with van der Waals surface area (Å²) in [4.78, 5) is 25.1. The van der Waals surface area contributed by atoms with Crippen molar-refractivity contribution in [2.75, 3.05) is 13.1 Å². The first-order valence-electron chi connectivity index (χ1n) is 8.26. The first-order chi connectivity index (χ1) is 12.0. The zero-order chi connectivity index (χ0) is 17.8. The fourth-order valence-electron chi connectivity index (χ4n) is 3.13. The highest BCUT2D eigenvalue weighted by molar-refractivity contribution is 6.30. The molecule has 25 heavy (non-hydrogen) atoms. The van der Waals surface area contributed by atoms with Crippen LogP contribution in [-0.4, -0.2) is 40.1 Å². The molecular weight excluding hydrogens is 344 g/mol. The van der Waals surface area contributed by atoms with Crippen molar-refractivity contribution in [3.8, 4) is 11.3 Å². The first-order valence-corrected chi connectivity index (χ1v) is 8.64. The Morgan fingerprint density at radius 1 is 1.36 bits per heavy atom. The Hall–Kier alpha value is -2.34. The van der Waals surface area contributed by atoms with E-state index in [0.29, 0.717) is 30.3 Å². The van der Waals surface area contributed by atoms with Gasteiger partial charge in [0.1, 0.15) is 0 Å². The van der Waals surface area contributed by atoms with Gasteiger partial charge in [0, 0.05) is 36.2 Å². The summed E-state index contributed by atoms with van der Waals surface area (Å²) in [6.07, 6.45) is 2.54. The molecule has 3 rings (SSSR count). The third-order valence-corrected chi connectivity index (χ3v) is 4.65. The molecule has 0 aliphatic carbocycles. The van der Waals surface area contributed by atoms with Gasteiger partial charge in [-0.05, 0) is 37.3 Å². The maximum absolute atomic E-state index is 12.7. The lowest BCUT2D eigenvalue weighted by atomic mass is 9.93. The molecule has 0 spiro atoms. The smallest absolute Gasteiger partial charge is 0.303 e. The van der Waals surface area contributed by atoms with E-state index in [-0.39, 0.29) is 23.9 Å². The Morgan fingerprint density at radius 3 is 2.96 bits per heavy atom. The van der Waals surface area contributed by atoms with Crippen LogP contribution < -0.4 is 0 Å². The summed E-state index contributed by atoms with van der Waals surface area (Å²) in [6.45, 7) is 1.22. The minimum Gasteiger partial charge on any atom is -0.481 e. The standard InChI is InChI=1S/C18H19ClN2O4/c19-14-5-1-4-13(9-14)16-10-15(20-25-16)18(24)21-8-2-3-12(11-21)6-7-17(22)23/h1,4-5,9-10,12H,2-3,6-8,11H2,(H,22,23). The normalized spacial score (nSPS) is 17.5. The number of likely N-dealkylation sites (tertiary alicyclic amines) is 1. The average molecular weight is 363 g/mol. The van der Waals surface area contributed by atoms with Crippen LogP contribution in [0.15, 0.2) is 34.9 Å². The van der Waals surface area contributed by atoms with Crippen LogP contribution in [0.25, 0.3) is 11.3 Å². The predicted molar refractivity (Wildman–Crippen MR) is 92.4 cm³/mol. The van der Waals surface area contributed by atoms with E-state index in [1.165, 1.54) is 0 Å². The molecule has 1 atom stereocenters. The van der Waals surface area contributed by atoms with Gasteiger partial charge in [-0.3, -0.25) is 9.59 Å². The summed E-state index contributed by atoms with van der Waals surface area (Å²) in [5, 5.41) is 13.3. The lowest BCUT2D eigenvalue weighted by Crippen LogP contribution is -2.40. The lowest BCUT2D eigenvalue weighted by molar-refractivity contribution is -0.137. The average Bonchev–Trinajstić information content (AvgIpc) is 3.10. The van der Waals surface area contributed by atoms with E-state index >= 15 is 0 Å². The molecule has 1 aromatic heterocycles. The van der Waals surface area contributed by atoms with Crippen LogP contribution in [-0.2, 0) is 4.79 Å². The second-order valence-corrected chi connectivity index (χ2v) is 6.72. The van der Waals surface area contributed by atoms with Gasteiger partial charge >= 0.3 is 5.97 Å². The largest absolute Gasteiger partial charge is 0.481 e. The number of rotatable bonds is 5. The molecule has 1 amide bonds. The van der Waals surface area contributed by atoms with Crippen LogP contribution in [0.1, 0.15) is 36.2 Å². The number of carboxylic acid groups (broad SMARTS) is 1. The van der Waals surface area contributed by atoms with Crippen molar-refractivity contribution in [1.29, 1.82) is 0 Å². The zero-order valence-electron chi connectivity index (χ0n) is 13.7. The molecule has 1 N–H and O–H groups in total. The number of carboxylic acids is 1. The molecule has 1 aromatic carbocycles. The second-order valence-electron chi connectivity index (χ2n) is 6.28. The predicted octanol–water partition coefficient (Wildman–Crippen LogP) is 3.71. The maximum Gasteiger partial charge on any atom is 0.303 e. The molecule has 2 heterocycles. The first kappa shape index (κ1) is 17.5. The van der Waals surface area contributed by atoms with Crippen molar-refractivity contribution >= 4 is 23.5 Å². The highest BCUT2D eigenvalue weighted by atomic mass is 35.5. The molecule has 0 bridgehead atoms. The van der Waals surface area contributed by atoms with E-state index in [0.717, 1.165) is 18.4 Å². The molecule has 0 saturated carbocycles. The number of aromatic nitrogens is 1. The van der Waals surface area contributed by atoms with Crippen molar-refractivity contribution in [1.82, 2.24) is 10.1 Å². The number of carbonyl (C=O) groups is 2. The van der Waals surface area contributed by atoms with Gasteiger partial charge in [-0.25, -0.2) is 0 Å². The molecule has 7 heteroatoms. The van der Waals surface area contributed by atoms with Gasteiger partial charge < -0.3 is 14.5 Å². The Balaban J connectivity index is 1.67. The number of amides is 1. The number of nitrogens with zero attached hydrogens (tertiary/aromatic N) is 2. The summed E-state index contributed by atoms with van der Waals surface area (Å²) in [5.74, 6) is -0.276. The molecule has 2 aromatic rings. The monoisotopic (exact) mass is 362 g/mol. The number of halogens is 1. The van der Waals surface area contributed by atoms with Gasteiger partial charge in [0.05, 0.1) is 0 Å². The van der Waals surface area contributed by atoms with Gasteiger partial charge in [-0.1, -0.05) is 28.9 Å². The number of benzene rings is 1. The molecule has 0 radical (unpaired) electrons. The molecule has 1 aliphatic heterocycles. The quantitative estimate of drug-likeness (QED) is 0.876. The van der Waals surface area contributed by atoms with Gasteiger partial charge in [-0.15, -0.1) is 0 Å². The van der Waals surface area contributed by atoms with Crippen LogP contribution in [0, 0.1) is 5.92 Å². The topological polar surface area (TPSA) is 83.6 Å². The molecule has 1 saturated heterocycles. The van der Waals surface area contributed by atoms with Crippen molar-refractivity contribution in [3.05, 3.63) is 41.0 Å². The van der Waals surface area contributed by atoms with Crippen LogP contribution in [0.5, 0.6) is 0 Å². The maximum atomic E-state index is 12.7. The lowest BCUT2D eigenvalue weighted by Gasteiger charge is -2.32. The summed E-state index contributed by atoms with van der Waals surface area (Å²) >= 11 is 5.97. The van der Waals surface area contributed by atoms with Crippen molar-refractivity contribution < 1.29 is 19.2 Å². The fraction of sp³-hybridized carbons (Fsp3) is 0.389. The molecule has 1 fully saturated rings. The fourth-order valence-corrected chi connectivity index (χ4v) is 3.32. The summed E-state index contributed by atoms with van der Waals surface area (Å²) in [6, 6.07) is 8.77. The molecule has 132 valence electrons. The number of hydrogen-bond acceptors (Lipinski definition) is 4. The van der Waals surface area contributed by atoms with Gasteiger partial charge in [0.15, 0.2) is 11.5 Å². The van der Waals surface area contributed by atoms with Gasteiger partial charge in [0.25, 0.3) is 5.91 Å². The third kappa shape index (κ3) is 4.39. The summed E-state index contributed by atoms with van der Waals surface area (Å²) in [7, 11) is 0. The molecule has 1 aliphatic rings. The summed E-state index contributed by atoms with van der Waals surface area (Å²) < 4.78 is 5.29. The Morgan fingerprint density at radius 2 is 2.20 bits per heavy atom. The van der Waals surface area contributed by atoms with Crippen molar-refractivity contribution in [3.63, 3.8) is 0 Å². The highest BCUT2D eigenvalue weighted by Crippen LogP contribution is 2.26. The van der Waals surface area contributed by atoms with E-state index in [4.69, 9.17) is 21.2 Å². The van der Waals surface area contributed by atoms with Gasteiger partial charge in [-0.2, -0.15) is 0 Å². The van der Waals surface area contributed by atoms with Crippen LogP contribution in [0.2, 0.25) is 5.02 Å². The minimum absolute atomic E-state index is 0.134. The Labute approximate surface area is 150 Å². The molecular formula is C18H19ClN2O4. The Kier molecular flexibility index (Phi) is 5.38. The number of piperidine rings is 1. The van der Waals surface area contributed by atoms with E-state index in [2.05, 4.69) is 5.16 Å². The van der Waals surface area contributed by atoms with E-state index in [1.807, 2.05) is 6.07 Å². The second kappa shape index (κ2) is 7.70. The van der Waals surface area contributed by atoms with E-state index in [1.54, 1.807) is 29.2 Å². The van der Waals surface area contributed by atoms with Crippen LogP contribution in [0.4, 0.5) is 0 Å². The zero-order valence-corrected chi connectivity index (χ0v) is 14.4. The van der Waals surface area contributed by atoms with E-state index in [9.17, 15) is 9.59 Å². The Bertz CT molecular complexity index is 774. The minimum atomic E-state index is -0.800. The third-order valence-electron chi connectivity index (χ3n) is 4.41. The van der Waals surface area contributed by atoms with E-state index < -0.39 is 5.97 Å². The summed E-state index contributed by atoms with van der Waals surface area (Å²) in [5.41, 5.74) is 1.02. The van der Waals surface area contributed by atoms with Crippen molar-refractivity contribution in [2.45, 2.75) is 25.7 Å². The van der Waals surface area contributed by atoms with Gasteiger partial charge in [0.2, 0.25) is 0 Å². The molecule has 6 nitrogen and oxygen atoms in total. The SMILES string of the molecule is O=C(O)CCC1CCCN(C(=O)c2cc(-c3cccc(Cl)c3)on2)C1. The van der Waals surface area contributed by atoms with Crippen LogP contribution in [0.3, 0.4) is 0 Å². The number of aliphatic carboxylic acids is 1.